The molecule has 0 aromatic heterocycles. The third-order valence-electron chi connectivity index (χ3n) is 4.82. The van der Waals surface area contributed by atoms with Gasteiger partial charge in [-0.3, -0.25) is 4.99 Å². The van der Waals surface area contributed by atoms with Crippen molar-refractivity contribution in [2.24, 2.45) is 10.9 Å². The maximum atomic E-state index is 12.1. The van der Waals surface area contributed by atoms with Gasteiger partial charge >= 0.3 is 0 Å². The molecule has 0 aliphatic carbocycles. The van der Waals surface area contributed by atoms with Gasteiger partial charge in [-0.05, 0) is 26.2 Å². The smallest absolute Gasteiger partial charge is 0.211 e. The van der Waals surface area contributed by atoms with Crippen molar-refractivity contribution in [1.29, 1.82) is 0 Å². The minimum Gasteiger partial charge on any atom is -0.356 e. The van der Waals surface area contributed by atoms with Crippen LogP contribution in [-0.2, 0) is 19.9 Å². The highest BCUT2D eigenvalue weighted by atomic mass is 32.2. The van der Waals surface area contributed by atoms with Crippen LogP contribution in [0.15, 0.2) is 4.99 Å². The van der Waals surface area contributed by atoms with E-state index in [-0.39, 0.29) is 11.7 Å². The summed E-state index contributed by atoms with van der Waals surface area (Å²) in [6.07, 6.45) is 2.05. The summed E-state index contributed by atoms with van der Waals surface area (Å²) >= 11 is 0. The quantitative estimate of drug-likeness (QED) is 0.516. The van der Waals surface area contributed by atoms with Crippen molar-refractivity contribution in [3.8, 4) is 0 Å². The molecule has 2 rings (SSSR count). The Hall–Kier alpha value is -0.870. The van der Waals surface area contributed by atoms with Crippen molar-refractivity contribution >= 4 is 25.8 Å². The third kappa shape index (κ3) is 4.20. The van der Waals surface area contributed by atoms with Crippen molar-refractivity contribution in [2.75, 3.05) is 51.8 Å². The van der Waals surface area contributed by atoms with Gasteiger partial charge in [0.05, 0.1) is 16.8 Å². The average molecular weight is 381 g/mol. The van der Waals surface area contributed by atoms with Gasteiger partial charge in [-0.1, -0.05) is 0 Å². The summed E-state index contributed by atoms with van der Waals surface area (Å²) in [7, 11) is -4.54. The SMILES string of the molecule is CN=C(NCC1CCN(S(C)(=O)=O)C1)N1CCS(=O)(=O)C(C)(C)C1. The van der Waals surface area contributed by atoms with E-state index in [1.807, 2.05) is 4.90 Å². The van der Waals surface area contributed by atoms with E-state index in [9.17, 15) is 16.8 Å². The molecule has 2 aliphatic heterocycles. The van der Waals surface area contributed by atoms with E-state index in [0.717, 1.165) is 6.42 Å². The minimum absolute atomic E-state index is 0.117. The molecule has 2 aliphatic rings. The fraction of sp³-hybridized carbons (Fsp3) is 0.929. The Bertz CT molecular complexity index is 700. The summed E-state index contributed by atoms with van der Waals surface area (Å²) in [5, 5.41) is 3.28. The first kappa shape index (κ1) is 19.5. The minimum atomic E-state index is -3.13. The van der Waals surface area contributed by atoms with Crippen LogP contribution in [0.5, 0.6) is 0 Å². The lowest BCUT2D eigenvalue weighted by atomic mass is 10.1. The molecule has 140 valence electrons. The van der Waals surface area contributed by atoms with Crippen molar-refractivity contribution in [1.82, 2.24) is 14.5 Å². The lowest BCUT2D eigenvalue weighted by Gasteiger charge is -2.39. The molecular weight excluding hydrogens is 352 g/mol. The Kier molecular flexibility index (Phi) is 5.51. The second-order valence-electron chi connectivity index (χ2n) is 7.20. The molecule has 8 nitrogen and oxygen atoms in total. The maximum Gasteiger partial charge on any atom is 0.211 e. The zero-order chi connectivity index (χ0) is 18.2. The zero-order valence-corrected chi connectivity index (χ0v) is 16.5. The Labute approximate surface area is 145 Å². The predicted molar refractivity (Wildman–Crippen MR) is 95.3 cm³/mol. The molecule has 0 spiro atoms. The number of aliphatic imine (C=N–C) groups is 1. The number of sulfonamides is 1. The van der Waals surface area contributed by atoms with Crippen molar-refractivity contribution < 1.29 is 16.8 Å². The summed E-state index contributed by atoms with van der Waals surface area (Å²) in [5.74, 6) is 1.03. The molecular formula is C14H28N4O4S2. The fourth-order valence-electron chi connectivity index (χ4n) is 3.16. The van der Waals surface area contributed by atoms with Crippen LogP contribution < -0.4 is 5.32 Å². The Morgan fingerprint density at radius 3 is 2.50 bits per heavy atom. The number of nitrogens with zero attached hydrogens (tertiary/aromatic N) is 3. The van der Waals surface area contributed by atoms with E-state index < -0.39 is 24.6 Å². The largest absolute Gasteiger partial charge is 0.356 e. The van der Waals surface area contributed by atoms with Crippen LogP contribution in [-0.4, -0.2) is 88.5 Å². The highest BCUT2D eigenvalue weighted by Crippen LogP contribution is 2.24. The number of hydrogen-bond acceptors (Lipinski definition) is 5. The van der Waals surface area contributed by atoms with Crippen LogP contribution in [0.3, 0.4) is 0 Å². The van der Waals surface area contributed by atoms with Crippen molar-refractivity contribution in [2.45, 2.75) is 25.0 Å². The monoisotopic (exact) mass is 380 g/mol. The van der Waals surface area contributed by atoms with Gasteiger partial charge in [-0.2, -0.15) is 0 Å². The van der Waals surface area contributed by atoms with Crippen LogP contribution in [0.4, 0.5) is 0 Å². The lowest BCUT2D eigenvalue weighted by molar-refractivity contribution is 0.350. The first-order chi connectivity index (χ1) is 11.0. The van der Waals surface area contributed by atoms with Gasteiger partial charge in [0.25, 0.3) is 0 Å². The topological polar surface area (TPSA) is 99.2 Å². The van der Waals surface area contributed by atoms with Crippen molar-refractivity contribution in [3.63, 3.8) is 0 Å². The normalized spacial score (nSPS) is 28.1. The lowest BCUT2D eigenvalue weighted by Crippen LogP contribution is -2.57. The molecule has 1 atom stereocenters. The molecule has 0 aromatic rings. The Morgan fingerprint density at radius 1 is 1.33 bits per heavy atom. The Balaban J connectivity index is 1.93. The van der Waals surface area contributed by atoms with Crippen LogP contribution >= 0.6 is 0 Å². The fourth-order valence-corrected chi connectivity index (χ4v) is 5.44. The van der Waals surface area contributed by atoms with Crippen LogP contribution in [0.2, 0.25) is 0 Å². The molecule has 2 fully saturated rings. The van der Waals surface area contributed by atoms with Gasteiger partial charge in [0.2, 0.25) is 10.0 Å². The standard InChI is InChI=1S/C14H28N4O4S2/c1-14(2)11-17(7-8-24(14,21)22)13(15-3)16-9-12-5-6-18(10-12)23(4,19)20/h12H,5-11H2,1-4H3,(H,15,16). The van der Waals surface area contributed by atoms with Gasteiger partial charge in [0.1, 0.15) is 0 Å². The summed E-state index contributed by atoms with van der Waals surface area (Å²) in [6.45, 7) is 6.00. The molecule has 0 saturated carbocycles. The highest BCUT2D eigenvalue weighted by molar-refractivity contribution is 7.92. The second-order valence-corrected chi connectivity index (χ2v) is 11.9. The molecule has 1 N–H and O–H groups in total. The molecule has 2 heterocycles. The number of hydrogen-bond donors (Lipinski definition) is 1. The van der Waals surface area contributed by atoms with Gasteiger partial charge in [0.15, 0.2) is 15.8 Å². The number of rotatable bonds is 3. The van der Waals surface area contributed by atoms with E-state index >= 15 is 0 Å². The molecule has 0 bridgehead atoms. The summed E-state index contributed by atoms with van der Waals surface area (Å²) in [5.41, 5.74) is 0. The van der Waals surface area contributed by atoms with E-state index in [1.165, 1.54) is 10.6 Å². The first-order valence-electron chi connectivity index (χ1n) is 8.09. The Morgan fingerprint density at radius 2 is 2.00 bits per heavy atom. The third-order valence-corrected chi connectivity index (χ3v) is 8.62. The predicted octanol–water partition coefficient (Wildman–Crippen LogP) is -0.648. The van der Waals surface area contributed by atoms with Crippen molar-refractivity contribution in [3.05, 3.63) is 0 Å². The van der Waals surface area contributed by atoms with E-state index in [1.54, 1.807) is 20.9 Å². The van der Waals surface area contributed by atoms with E-state index in [2.05, 4.69) is 10.3 Å². The molecule has 0 radical (unpaired) electrons. The average Bonchev–Trinajstić information content (AvgIpc) is 2.92. The van der Waals surface area contributed by atoms with E-state index in [0.29, 0.717) is 38.7 Å². The summed E-state index contributed by atoms with van der Waals surface area (Å²) in [6, 6.07) is 0. The number of nitrogens with one attached hydrogen (secondary N) is 1. The first-order valence-corrected chi connectivity index (χ1v) is 11.6. The van der Waals surface area contributed by atoms with Gasteiger partial charge in [-0.25, -0.2) is 21.1 Å². The summed E-state index contributed by atoms with van der Waals surface area (Å²) < 4.78 is 48.1. The van der Waals surface area contributed by atoms with Gasteiger partial charge in [0, 0.05) is 39.8 Å². The van der Waals surface area contributed by atoms with E-state index in [4.69, 9.17) is 0 Å². The molecule has 2 saturated heterocycles. The zero-order valence-electron chi connectivity index (χ0n) is 14.8. The second kappa shape index (κ2) is 6.80. The summed E-state index contributed by atoms with van der Waals surface area (Å²) in [4.78, 5) is 6.22. The molecule has 0 aromatic carbocycles. The van der Waals surface area contributed by atoms with Gasteiger partial charge < -0.3 is 10.2 Å². The molecule has 0 amide bonds. The number of sulfone groups is 1. The molecule has 10 heteroatoms. The van der Waals surface area contributed by atoms with Crippen LogP contribution in [0.1, 0.15) is 20.3 Å². The maximum absolute atomic E-state index is 12.1. The van der Waals surface area contributed by atoms with Crippen LogP contribution in [0, 0.1) is 5.92 Å². The molecule has 24 heavy (non-hydrogen) atoms. The number of guanidine groups is 1. The van der Waals surface area contributed by atoms with Crippen LogP contribution in [0.25, 0.3) is 0 Å². The highest BCUT2D eigenvalue weighted by Gasteiger charge is 2.41. The molecule has 1 unspecified atom stereocenters. The van der Waals surface area contributed by atoms with Gasteiger partial charge in [-0.15, -0.1) is 0 Å².